The summed E-state index contributed by atoms with van der Waals surface area (Å²) in [6.45, 7) is 0.687. The lowest BCUT2D eigenvalue weighted by Crippen LogP contribution is -2.29. The van der Waals surface area contributed by atoms with Gasteiger partial charge in [0, 0.05) is 17.7 Å². The third kappa shape index (κ3) is 2.62. The van der Waals surface area contributed by atoms with Gasteiger partial charge in [-0.15, -0.1) is 6.42 Å². The Kier molecular flexibility index (Phi) is 3.80. The lowest BCUT2D eigenvalue weighted by atomic mass is 10.1. The van der Waals surface area contributed by atoms with E-state index in [9.17, 15) is 4.79 Å². The molecule has 1 amide bonds. The summed E-state index contributed by atoms with van der Waals surface area (Å²) < 4.78 is 7.57. The Labute approximate surface area is 178 Å². The number of carbonyl (C=O) groups is 1. The van der Waals surface area contributed by atoms with Gasteiger partial charge in [0.05, 0.1) is 23.0 Å². The second-order valence-corrected chi connectivity index (χ2v) is 7.67. The van der Waals surface area contributed by atoms with Crippen LogP contribution in [0, 0.1) is 12.3 Å². The topological polar surface area (TPSA) is 77.1 Å². The number of aromatic nitrogens is 4. The molecule has 31 heavy (non-hydrogen) atoms. The summed E-state index contributed by atoms with van der Waals surface area (Å²) in [7, 11) is 0. The average Bonchev–Trinajstić information content (AvgIpc) is 3.56. The van der Waals surface area contributed by atoms with Crippen molar-refractivity contribution in [2.75, 3.05) is 6.54 Å². The number of nitrogens with zero attached hydrogens (tertiary/aromatic N) is 5. The normalized spacial score (nSPS) is 16.9. The number of terminal acetylenes is 1. The average molecular weight is 407 g/mol. The van der Waals surface area contributed by atoms with Crippen LogP contribution in [0.1, 0.15) is 40.5 Å². The van der Waals surface area contributed by atoms with Crippen LogP contribution in [0.3, 0.4) is 0 Å². The molecule has 150 valence electrons. The van der Waals surface area contributed by atoms with Crippen molar-refractivity contribution in [3.63, 3.8) is 0 Å². The lowest BCUT2D eigenvalue weighted by Gasteiger charge is -2.22. The van der Waals surface area contributed by atoms with Crippen molar-refractivity contribution >= 4 is 5.91 Å². The molecule has 7 heteroatoms. The van der Waals surface area contributed by atoms with Crippen LogP contribution in [-0.2, 0) is 0 Å². The molecule has 7 nitrogen and oxygen atoms in total. The van der Waals surface area contributed by atoms with Gasteiger partial charge in [0.1, 0.15) is 6.33 Å². The van der Waals surface area contributed by atoms with Gasteiger partial charge in [-0.25, -0.2) is 4.98 Å². The van der Waals surface area contributed by atoms with Crippen molar-refractivity contribution in [3.05, 3.63) is 71.7 Å². The third-order valence-corrected chi connectivity index (χ3v) is 5.95. The minimum Gasteiger partial charge on any atom is -0.332 e. The molecule has 0 aliphatic carbocycles. The molecule has 1 atom stereocenters. The van der Waals surface area contributed by atoms with E-state index in [4.69, 9.17) is 10.9 Å². The minimum atomic E-state index is -0.112. The maximum atomic E-state index is 13.4. The van der Waals surface area contributed by atoms with Gasteiger partial charge in [0.25, 0.3) is 11.8 Å². The number of hydrogen-bond acceptors (Lipinski definition) is 5. The summed E-state index contributed by atoms with van der Waals surface area (Å²) in [5.74, 6) is 3.46. The standard InChI is InChI=1S/C24H17N5O2/c1-2-15-10-11-18-17(13-15)24(30)28-12-6-9-19(28)21-20(25-14-29(18)21)23-26-22(27-31-23)16-7-4-3-5-8-16/h1,3-5,7-8,10-11,13-14,19H,6,9,12H2/t19-/m0/s1. The smallest absolute Gasteiger partial charge is 0.278 e. The molecule has 0 saturated carbocycles. The number of benzene rings is 2. The molecule has 1 fully saturated rings. The number of imidazole rings is 1. The summed E-state index contributed by atoms with van der Waals surface area (Å²) in [6.07, 6.45) is 9.07. The second kappa shape index (κ2) is 6.67. The van der Waals surface area contributed by atoms with Gasteiger partial charge in [-0.1, -0.05) is 41.4 Å². The molecule has 4 heterocycles. The van der Waals surface area contributed by atoms with Crippen molar-refractivity contribution < 1.29 is 9.32 Å². The molecule has 2 aliphatic rings. The van der Waals surface area contributed by atoms with E-state index in [1.165, 1.54) is 0 Å². The van der Waals surface area contributed by atoms with Gasteiger partial charge in [0.15, 0.2) is 5.69 Å². The van der Waals surface area contributed by atoms with Crippen molar-refractivity contribution in [1.29, 1.82) is 0 Å². The van der Waals surface area contributed by atoms with Crippen LogP contribution in [-0.4, -0.2) is 37.0 Å². The number of hydrogen-bond donors (Lipinski definition) is 0. The van der Waals surface area contributed by atoms with Crippen LogP contribution in [0.2, 0.25) is 0 Å². The molecule has 0 N–H and O–H groups in total. The quantitative estimate of drug-likeness (QED) is 0.472. The van der Waals surface area contributed by atoms with E-state index in [1.54, 1.807) is 12.4 Å². The van der Waals surface area contributed by atoms with Crippen LogP contribution in [0.5, 0.6) is 0 Å². The van der Waals surface area contributed by atoms with E-state index in [0.717, 1.165) is 29.8 Å². The van der Waals surface area contributed by atoms with E-state index in [0.29, 0.717) is 35.1 Å². The molecule has 2 aromatic heterocycles. The first-order valence-corrected chi connectivity index (χ1v) is 10.1. The number of fused-ring (bicyclic) bond motifs is 5. The Bertz CT molecular complexity index is 1360. The molecule has 0 spiro atoms. The van der Waals surface area contributed by atoms with Crippen LogP contribution in [0.15, 0.2) is 59.4 Å². The Morgan fingerprint density at radius 2 is 2.03 bits per heavy atom. The van der Waals surface area contributed by atoms with Gasteiger partial charge in [-0.05, 0) is 31.0 Å². The zero-order valence-corrected chi connectivity index (χ0v) is 16.5. The Balaban J connectivity index is 1.54. The number of amides is 1. The molecule has 2 aromatic carbocycles. The summed E-state index contributed by atoms with van der Waals surface area (Å²) in [6, 6.07) is 15.0. The Morgan fingerprint density at radius 3 is 2.87 bits per heavy atom. The molecule has 0 radical (unpaired) electrons. The highest BCUT2D eigenvalue weighted by Gasteiger charge is 2.40. The maximum Gasteiger partial charge on any atom is 0.278 e. The Morgan fingerprint density at radius 1 is 1.16 bits per heavy atom. The van der Waals surface area contributed by atoms with Crippen LogP contribution < -0.4 is 0 Å². The Hall–Kier alpha value is -4.18. The van der Waals surface area contributed by atoms with Gasteiger partial charge in [-0.2, -0.15) is 4.98 Å². The van der Waals surface area contributed by atoms with Crippen molar-refractivity contribution in [2.45, 2.75) is 18.9 Å². The lowest BCUT2D eigenvalue weighted by molar-refractivity contribution is 0.0739. The highest BCUT2D eigenvalue weighted by Crippen LogP contribution is 2.42. The minimum absolute atomic E-state index is 0.0141. The van der Waals surface area contributed by atoms with Crippen molar-refractivity contribution in [1.82, 2.24) is 24.6 Å². The highest BCUT2D eigenvalue weighted by atomic mass is 16.5. The zero-order chi connectivity index (χ0) is 20.9. The second-order valence-electron chi connectivity index (χ2n) is 7.67. The predicted molar refractivity (Wildman–Crippen MR) is 113 cm³/mol. The van der Waals surface area contributed by atoms with E-state index in [-0.39, 0.29) is 11.9 Å². The first-order valence-electron chi connectivity index (χ1n) is 10.1. The maximum absolute atomic E-state index is 13.4. The SMILES string of the molecule is C#Cc1ccc2c(c1)C(=O)N1CCC[C@H]1c1c(-c3nc(-c4ccccc4)no3)ncn1-2. The summed E-state index contributed by atoms with van der Waals surface area (Å²) in [5, 5.41) is 4.14. The molecule has 4 aromatic rings. The van der Waals surface area contributed by atoms with Crippen molar-refractivity contribution in [3.8, 4) is 41.0 Å². The predicted octanol–water partition coefficient (Wildman–Crippen LogP) is 3.86. The first kappa shape index (κ1) is 17.7. The van der Waals surface area contributed by atoms with E-state index >= 15 is 0 Å². The largest absolute Gasteiger partial charge is 0.332 e. The molecular weight excluding hydrogens is 390 g/mol. The highest BCUT2D eigenvalue weighted by molar-refractivity contribution is 5.99. The van der Waals surface area contributed by atoms with Gasteiger partial charge in [0.2, 0.25) is 5.82 Å². The van der Waals surface area contributed by atoms with Crippen molar-refractivity contribution in [2.24, 2.45) is 0 Å². The first-order chi connectivity index (χ1) is 15.2. The van der Waals surface area contributed by atoms with Gasteiger partial charge in [-0.3, -0.25) is 9.36 Å². The molecule has 6 rings (SSSR count). The van der Waals surface area contributed by atoms with E-state index < -0.39 is 0 Å². The fraction of sp³-hybridized carbons (Fsp3) is 0.167. The molecule has 0 unspecified atom stereocenters. The zero-order valence-electron chi connectivity index (χ0n) is 16.5. The van der Waals surface area contributed by atoms with Gasteiger partial charge >= 0.3 is 0 Å². The third-order valence-electron chi connectivity index (χ3n) is 5.95. The summed E-state index contributed by atoms with van der Waals surface area (Å²) in [5.41, 5.74) is 4.38. The van der Waals surface area contributed by atoms with Crippen LogP contribution >= 0.6 is 0 Å². The van der Waals surface area contributed by atoms with E-state index in [1.807, 2.05) is 51.9 Å². The van der Waals surface area contributed by atoms with Gasteiger partial charge < -0.3 is 9.42 Å². The molecular formula is C24H17N5O2. The number of carbonyl (C=O) groups excluding carboxylic acids is 1. The van der Waals surface area contributed by atoms with E-state index in [2.05, 4.69) is 21.0 Å². The molecule has 2 aliphatic heterocycles. The van der Waals surface area contributed by atoms with Crippen LogP contribution in [0.25, 0.3) is 28.7 Å². The molecule has 0 bridgehead atoms. The fourth-order valence-corrected chi connectivity index (χ4v) is 4.51. The number of rotatable bonds is 2. The molecule has 1 saturated heterocycles. The monoisotopic (exact) mass is 407 g/mol. The van der Waals surface area contributed by atoms with Crippen LogP contribution in [0.4, 0.5) is 0 Å². The summed E-state index contributed by atoms with van der Waals surface area (Å²) in [4.78, 5) is 24.5. The summed E-state index contributed by atoms with van der Waals surface area (Å²) >= 11 is 0. The fourth-order valence-electron chi connectivity index (χ4n) is 4.51.